The van der Waals surface area contributed by atoms with E-state index in [1.165, 1.54) is 5.56 Å². The second-order valence-electron chi connectivity index (χ2n) is 5.48. The van der Waals surface area contributed by atoms with Crippen LogP contribution in [0.25, 0.3) is 0 Å². The van der Waals surface area contributed by atoms with Gasteiger partial charge in [-0.25, -0.2) is 4.79 Å². The van der Waals surface area contributed by atoms with E-state index in [1.807, 2.05) is 24.3 Å². The summed E-state index contributed by atoms with van der Waals surface area (Å²) >= 11 is 0. The van der Waals surface area contributed by atoms with Gasteiger partial charge in [0.05, 0.1) is 19.3 Å². The molecule has 1 amide bonds. The molecule has 1 saturated heterocycles. The second-order valence-corrected chi connectivity index (χ2v) is 5.48. The SMILES string of the molecule is COC[C@H]1CN(c2ccc(CCCC(C)O)cc2)C(=O)O1. The first-order valence-corrected chi connectivity index (χ1v) is 7.34. The highest BCUT2D eigenvalue weighted by molar-refractivity contribution is 5.89. The van der Waals surface area contributed by atoms with Crippen molar-refractivity contribution in [3.05, 3.63) is 29.8 Å². The van der Waals surface area contributed by atoms with E-state index in [4.69, 9.17) is 9.47 Å². The lowest BCUT2D eigenvalue weighted by Crippen LogP contribution is -2.25. The molecule has 0 spiro atoms. The van der Waals surface area contributed by atoms with Crippen LogP contribution in [0, 0.1) is 0 Å². The molecule has 1 aliphatic heterocycles. The molecule has 0 radical (unpaired) electrons. The monoisotopic (exact) mass is 293 g/mol. The number of ether oxygens (including phenoxy) is 2. The van der Waals surface area contributed by atoms with Crippen molar-refractivity contribution in [3.63, 3.8) is 0 Å². The summed E-state index contributed by atoms with van der Waals surface area (Å²) in [7, 11) is 1.60. The van der Waals surface area contributed by atoms with Crippen LogP contribution in [0.1, 0.15) is 25.3 Å². The zero-order valence-corrected chi connectivity index (χ0v) is 12.6. The van der Waals surface area contributed by atoms with Gasteiger partial charge >= 0.3 is 6.09 Å². The van der Waals surface area contributed by atoms with Crippen LogP contribution in [0.2, 0.25) is 0 Å². The number of carbonyl (C=O) groups is 1. The van der Waals surface area contributed by atoms with E-state index in [0.717, 1.165) is 24.9 Å². The van der Waals surface area contributed by atoms with E-state index in [0.29, 0.717) is 13.2 Å². The van der Waals surface area contributed by atoms with Crippen molar-refractivity contribution in [1.29, 1.82) is 0 Å². The Balaban J connectivity index is 1.91. The maximum absolute atomic E-state index is 11.8. The molecule has 21 heavy (non-hydrogen) atoms. The number of anilines is 1. The maximum atomic E-state index is 11.8. The molecule has 1 aliphatic rings. The molecule has 5 heteroatoms. The van der Waals surface area contributed by atoms with Gasteiger partial charge < -0.3 is 14.6 Å². The van der Waals surface area contributed by atoms with Crippen molar-refractivity contribution in [2.24, 2.45) is 0 Å². The number of cyclic esters (lactones) is 1. The van der Waals surface area contributed by atoms with Crippen LogP contribution in [0.4, 0.5) is 10.5 Å². The molecule has 0 saturated carbocycles. The van der Waals surface area contributed by atoms with E-state index < -0.39 is 0 Å². The highest BCUT2D eigenvalue weighted by Gasteiger charge is 2.32. The predicted molar refractivity (Wildman–Crippen MR) is 80.6 cm³/mol. The molecular weight excluding hydrogens is 270 g/mol. The average Bonchev–Trinajstić information content (AvgIpc) is 2.80. The van der Waals surface area contributed by atoms with E-state index in [-0.39, 0.29) is 18.3 Å². The van der Waals surface area contributed by atoms with Gasteiger partial charge in [0.15, 0.2) is 0 Å². The molecule has 0 aromatic heterocycles. The minimum absolute atomic E-state index is 0.201. The zero-order valence-electron chi connectivity index (χ0n) is 12.6. The number of aliphatic hydroxyl groups is 1. The lowest BCUT2D eigenvalue weighted by atomic mass is 10.1. The predicted octanol–water partition coefficient (Wildman–Crippen LogP) is 2.36. The van der Waals surface area contributed by atoms with Crippen LogP contribution in [-0.4, -0.2) is 43.7 Å². The summed E-state index contributed by atoms with van der Waals surface area (Å²) in [5.74, 6) is 0. The van der Waals surface area contributed by atoms with Crippen LogP contribution in [-0.2, 0) is 15.9 Å². The Morgan fingerprint density at radius 1 is 1.43 bits per heavy atom. The van der Waals surface area contributed by atoms with Crippen molar-refractivity contribution >= 4 is 11.8 Å². The Kier molecular flexibility index (Phi) is 5.59. The van der Waals surface area contributed by atoms with Crippen molar-refractivity contribution < 1.29 is 19.4 Å². The van der Waals surface area contributed by atoms with Crippen LogP contribution in [0.3, 0.4) is 0 Å². The average molecular weight is 293 g/mol. The highest BCUT2D eigenvalue weighted by atomic mass is 16.6. The summed E-state index contributed by atoms with van der Waals surface area (Å²) in [6.45, 7) is 2.74. The quantitative estimate of drug-likeness (QED) is 0.838. The standard InChI is InChI=1S/C16H23NO4/c1-12(18)4-3-5-13-6-8-14(9-7-13)17-10-15(11-20-2)21-16(17)19/h6-9,12,15,18H,3-5,10-11H2,1-2H3/t12?,15-/m1/s1. The van der Waals surface area contributed by atoms with E-state index in [1.54, 1.807) is 18.9 Å². The van der Waals surface area contributed by atoms with E-state index in [2.05, 4.69) is 0 Å². The van der Waals surface area contributed by atoms with Gasteiger partial charge in [-0.2, -0.15) is 0 Å². The van der Waals surface area contributed by atoms with Crippen LogP contribution in [0.15, 0.2) is 24.3 Å². The molecule has 0 bridgehead atoms. The lowest BCUT2D eigenvalue weighted by molar-refractivity contribution is 0.0718. The van der Waals surface area contributed by atoms with Crippen LogP contribution < -0.4 is 4.90 Å². The molecule has 1 N–H and O–H groups in total. The van der Waals surface area contributed by atoms with Gasteiger partial charge in [-0.1, -0.05) is 12.1 Å². The first kappa shape index (κ1) is 15.8. The third-order valence-electron chi connectivity index (χ3n) is 3.56. The van der Waals surface area contributed by atoms with Gasteiger partial charge in [0.1, 0.15) is 6.10 Å². The lowest BCUT2D eigenvalue weighted by Gasteiger charge is -2.13. The Morgan fingerprint density at radius 2 is 2.14 bits per heavy atom. The number of aliphatic hydroxyl groups excluding tert-OH is 1. The largest absolute Gasteiger partial charge is 0.441 e. The molecule has 1 aromatic carbocycles. The molecular formula is C16H23NO4. The third-order valence-corrected chi connectivity index (χ3v) is 3.56. The summed E-state index contributed by atoms with van der Waals surface area (Å²) in [4.78, 5) is 13.4. The first-order chi connectivity index (χ1) is 10.1. The Morgan fingerprint density at radius 3 is 2.76 bits per heavy atom. The summed E-state index contributed by atoms with van der Waals surface area (Å²) < 4.78 is 10.2. The van der Waals surface area contributed by atoms with Crippen molar-refractivity contribution in [2.45, 2.75) is 38.4 Å². The van der Waals surface area contributed by atoms with E-state index in [9.17, 15) is 9.90 Å². The molecule has 1 heterocycles. The molecule has 1 fully saturated rings. The number of hydrogen-bond acceptors (Lipinski definition) is 4. The Labute approximate surface area is 125 Å². The maximum Gasteiger partial charge on any atom is 0.414 e. The van der Waals surface area contributed by atoms with Crippen LogP contribution in [0.5, 0.6) is 0 Å². The summed E-state index contributed by atoms with van der Waals surface area (Å²) in [5, 5.41) is 9.25. The fourth-order valence-corrected chi connectivity index (χ4v) is 2.45. The van der Waals surface area contributed by atoms with Crippen LogP contribution >= 0.6 is 0 Å². The normalized spacial score (nSPS) is 19.7. The van der Waals surface area contributed by atoms with Crippen molar-refractivity contribution in [2.75, 3.05) is 25.2 Å². The topological polar surface area (TPSA) is 59.0 Å². The molecule has 2 atom stereocenters. The number of methoxy groups -OCH3 is 1. The fraction of sp³-hybridized carbons (Fsp3) is 0.562. The molecule has 1 aromatic rings. The molecule has 2 rings (SSSR count). The smallest absolute Gasteiger partial charge is 0.414 e. The highest BCUT2D eigenvalue weighted by Crippen LogP contribution is 2.22. The van der Waals surface area contributed by atoms with Gasteiger partial charge in [0.25, 0.3) is 0 Å². The molecule has 1 unspecified atom stereocenters. The molecule has 116 valence electrons. The third kappa shape index (κ3) is 4.44. The Bertz CT molecular complexity index is 458. The van der Waals surface area contributed by atoms with E-state index >= 15 is 0 Å². The van der Waals surface area contributed by atoms with Gasteiger partial charge in [-0.05, 0) is 43.9 Å². The first-order valence-electron chi connectivity index (χ1n) is 7.34. The summed E-state index contributed by atoms with van der Waals surface area (Å²) in [6.07, 6.45) is 1.92. The van der Waals surface area contributed by atoms with Crippen molar-refractivity contribution in [3.8, 4) is 0 Å². The summed E-state index contributed by atoms with van der Waals surface area (Å²) in [5.41, 5.74) is 2.05. The van der Waals surface area contributed by atoms with Gasteiger partial charge in [0, 0.05) is 12.8 Å². The Hall–Kier alpha value is -1.59. The molecule has 0 aliphatic carbocycles. The zero-order chi connectivity index (χ0) is 15.2. The number of rotatable bonds is 7. The number of hydrogen-bond donors (Lipinski definition) is 1. The number of nitrogens with zero attached hydrogens (tertiary/aromatic N) is 1. The van der Waals surface area contributed by atoms with Gasteiger partial charge in [-0.15, -0.1) is 0 Å². The molecule has 5 nitrogen and oxygen atoms in total. The second kappa shape index (κ2) is 7.43. The van der Waals surface area contributed by atoms with Gasteiger partial charge in [0.2, 0.25) is 0 Å². The fourth-order valence-electron chi connectivity index (χ4n) is 2.45. The number of carbonyl (C=O) groups excluding carboxylic acids is 1. The number of benzene rings is 1. The minimum Gasteiger partial charge on any atom is -0.441 e. The van der Waals surface area contributed by atoms with Gasteiger partial charge in [-0.3, -0.25) is 4.90 Å². The van der Waals surface area contributed by atoms with Crippen molar-refractivity contribution in [1.82, 2.24) is 0 Å². The summed E-state index contributed by atoms with van der Waals surface area (Å²) in [6, 6.07) is 7.92. The minimum atomic E-state index is -0.320. The number of aryl methyl sites for hydroxylation is 1. The number of amides is 1.